The van der Waals surface area contributed by atoms with Crippen LogP contribution in [0.5, 0.6) is 0 Å². The second-order valence-corrected chi connectivity index (χ2v) is 8.01. The molecule has 1 saturated carbocycles. The largest absolute Gasteiger partial charge is 0.344 e. The van der Waals surface area contributed by atoms with E-state index in [1.807, 2.05) is 30.3 Å². The number of nitrogens with zero attached hydrogens (tertiary/aromatic N) is 3. The molecule has 1 aromatic heterocycles. The number of aromatic nitrogens is 2. The molecular formula is C21H25N5O4. The topological polar surface area (TPSA) is 117 Å². The van der Waals surface area contributed by atoms with Gasteiger partial charge >= 0.3 is 6.03 Å². The van der Waals surface area contributed by atoms with E-state index in [1.165, 1.54) is 0 Å². The zero-order chi connectivity index (χ0) is 21.3. The number of imide groups is 1. The van der Waals surface area contributed by atoms with Crippen molar-refractivity contribution in [2.45, 2.75) is 63.6 Å². The molecule has 4 amide bonds. The van der Waals surface area contributed by atoms with Crippen LogP contribution in [0.25, 0.3) is 0 Å². The van der Waals surface area contributed by atoms with Gasteiger partial charge in [-0.3, -0.25) is 9.59 Å². The molecule has 0 radical (unpaired) electrons. The summed E-state index contributed by atoms with van der Waals surface area (Å²) in [6, 6.07) is 7.75. The number of hydrogen-bond donors (Lipinski definition) is 2. The predicted molar refractivity (Wildman–Crippen MR) is 106 cm³/mol. The molecule has 0 bridgehead atoms. The maximum absolute atomic E-state index is 12.8. The molecule has 2 N–H and O–H groups in total. The van der Waals surface area contributed by atoms with Crippen molar-refractivity contribution < 1.29 is 18.9 Å². The van der Waals surface area contributed by atoms with Gasteiger partial charge in [0, 0.05) is 0 Å². The Hall–Kier alpha value is -3.23. The van der Waals surface area contributed by atoms with Crippen molar-refractivity contribution in [1.82, 2.24) is 25.7 Å². The molecule has 1 saturated heterocycles. The smallest absolute Gasteiger partial charge is 0.325 e. The van der Waals surface area contributed by atoms with Gasteiger partial charge in [-0.1, -0.05) is 48.3 Å². The summed E-state index contributed by atoms with van der Waals surface area (Å²) in [4.78, 5) is 43.4. The summed E-state index contributed by atoms with van der Waals surface area (Å²) in [5, 5.41) is 9.52. The van der Waals surface area contributed by atoms with Crippen molar-refractivity contribution in [3.8, 4) is 0 Å². The lowest BCUT2D eigenvalue weighted by Crippen LogP contribution is -2.50. The van der Waals surface area contributed by atoms with Gasteiger partial charge < -0.3 is 15.2 Å². The van der Waals surface area contributed by atoms with E-state index in [9.17, 15) is 14.4 Å². The first-order chi connectivity index (χ1) is 14.4. The van der Waals surface area contributed by atoms with E-state index < -0.39 is 29.6 Å². The minimum Gasteiger partial charge on any atom is -0.344 e. The summed E-state index contributed by atoms with van der Waals surface area (Å²) in [7, 11) is 0. The number of amides is 4. The van der Waals surface area contributed by atoms with Crippen molar-refractivity contribution in [2.75, 3.05) is 0 Å². The molecule has 158 valence electrons. The fourth-order valence-corrected chi connectivity index (χ4v) is 4.11. The van der Waals surface area contributed by atoms with Gasteiger partial charge in [0.05, 0.1) is 12.5 Å². The molecule has 2 fully saturated rings. The number of urea groups is 1. The van der Waals surface area contributed by atoms with Gasteiger partial charge in [-0.2, -0.15) is 4.98 Å². The zero-order valence-electron chi connectivity index (χ0n) is 17.1. The third-order valence-corrected chi connectivity index (χ3v) is 5.85. The summed E-state index contributed by atoms with van der Waals surface area (Å²) in [6.07, 6.45) is 3.51. The van der Waals surface area contributed by atoms with Crippen LogP contribution in [0.2, 0.25) is 0 Å². The Morgan fingerprint density at radius 2 is 1.93 bits per heavy atom. The van der Waals surface area contributed by atoms with E-state index in [1.54, 1.807) is 13.8 Å². The quantitative estimate of drug-likeness (QED) is 0.703. The molecule has 2 aromatic rings. The average molecular weight is 411 g/mol. The van der Waals surface area contributed by atoms with Crippen molar-refractivity contribution in [3.05, 3.63) is 47.6 Å². The summed E-state index contributed by atoms with van der Waals surface area (Å²) in [5.41, 5.74) is 0.203. The molecule has 1 aliphatic carbocycles. The maximum Gasteiger partial charge on any atom is 0.325 e. The molecule has 2 heterocycles. The molecular weight excluding hydrogens is 386 g/mol. The second kappa shape index (κ2) is 7.89. The van der Waals surface area contributed by atoms with Crippen molar-refractivity contribution in [3.63, 3.8) is 0 Å². The van der Waals surface area contributed by atoms with Crippen LogP contribution >= 0.6 is 0 Å². The Labute approximate surface area is 174 Å². The highest BCUT2D eigenvalue weighted by molar-refractivity contribution is 6.10. The summed E-state index contributed by atoms with van der Waals surface area (Å²) < 4.78 is 5.29. The molecule has 30 heavy (non-hydrogen) atoms. The second-order valence-electron chi connectivity index (χ2n) is 8.01. The van der Waals surface area contributed by atoms with Crippen LogP contribution in [-0.4, -0.2) is 44.5 Å². The van der Waals surface area contributed by atoms with Crippen LogP contribution in [0.4, 0.5) is 4.79 Å². The molecule has 2 atom stereocenters. The minimum atomic E-state index is -0.935. The predicted octanol–water partition coefficient (Wildman–Crippen LogP) is 2.09. The Morgan fingerprint density at radius 3 is 2.63 bits per heavy atom. The number of carbonyl (C=O) groups is 3. The summed E-state index contributed by atoms with van der Waals surface area (Å²) in [6.45, 7) is 3.27. The molecule has 2 aliphatic rings. The monoisotopic (exact) mass is 411 g/mol. The highest BCUT2D eigenvalue weighted by atomic mass is 16.5. The van der Waals surface area contributed by atoms with Crippen LogP contribution < -0.4 is 10.6 Å². The standard InChI is InChI=1S/C21H25N5O4/c1-13(17-23-16(30-25-17)12-15-8-4-3-5-9-15)22-18(27)14(2)26-19(28)21(24-20(26)29)10-6-7-11-21/h3-5,8-9,13-14H,6-7,10-12H2,1-2H3,(H,22,27)(H,24,29)/t13-,14+/m0/s1. The van der Waals surface area contributed by atoms with Gasteiger partial charge in [0.2, 0.25) is 11.8 Å². The number of benzene rings is 1. The molecule has 0 unspecified atom stereocenters. The van der Waals surface area contributed by atoms with E-state index in [4.69, 9.17) is 4.52 Å². The minimum absolute atomic E-state index is 0.315. The molecule has 1 aliphatic heterocycles. The van der Waals surface area contributed by atoms with Crippen LogP contribution in [0.1, 0.15) is 62.9 Å². The van der Waals surface area contributed by atoms with E-state index in [0.717, 1.165) is 23.3 Å². The van der Waals surface area contributed by atoms with Crippen LogP contribution in [0, 0.1) is 0 Å². The lowest BCUT2D eigenvalue weighted by atomic mass is 9.97. The lowest BCUT2D eigenvalue weighted by Gasteiger charge is -2.24. The van der Waals surface area contributed by atoms with Gasteiger partial charge in [-0.25, -0.2) is 9.69 Å². The van der Waals surface area contributed by atoms with Gasteiger partial charge in [0.1, 0.15) is 11.6 Å². The maximum atomic E-state index is 12.8. The third-order valence-electron chi connectivity index (χ3n) is 5.85. The fraction of sp³-hybridized carbons (Fsp3) is 0.476. The van der Waals surface area contributed by atoms with Gasteiger partial charge in [0.25, 0.3) is 5.91 Å². The summed E-state index contributed by atoms with van der Waals surface area (Å²) >= 11 is 0. The Morgan fingerprint density at radius 1 is 1.23 bits per heavy atom. The van der Waals surface area contributed by atoms with Gasteiger partial charge in [-0.05, 0) is 32.3 Å². The fourth-order valence-electron chi connectivity index (χ4n) is 4.11. The van der Waals surface area contributed by atoms with Crippen LogP contribution in [-0.2, 0) is 16.0 Å². The molecule has 1 aromatic carbocycles. The van der Waals surface area contributed by atoms with Gasteiger partial charge in [-0.15, -0.1) is 0 Å². The first-order valence-electron chi connectivity index (χ1n) is 10.2. The normalized spacial score (nSPS) is 19.7. The number of rotatable bonds is 6. The Kier molecular flexibility index (Phi) is 5.27. The summed E-state index contributed by atoms with van der Waals surface area (Å²) in [5.74, 6) is 0.0223. The van der Waals surface area contributed by atoms with Crippen molar-refractivity contribution in [1.29, 1.82) is 0 Å². The Balaban J connectivity index is 1.39. The molecule has 9 heteroatoms. The van der Waals surface area contributed by atoms with Gasteiger partial charge in [0.15, 0.2) is 5.82 Å². The highest BCUT2D eigenvalue weighted by Crippen LogP contribution is 2.35. The molecule has 9 nitrogen and oxygen atoms in total. The van der Waals surface area contributed by atoms with E-state index in [-0.39, 0.29) is 5.91 Å². The molecule has 4 rings (SSSR count). The van der Waals surface area contributed by atoms with Crippen molar-refractivity contribution in [2.24, 2.45) is 0 Å². The lowest BCUT2D eigenvalue weighted by molar-refractivity contribution is -0.138. The van der Waals surface area contributed by atoms with E-state index >= 15 is 0 Å². The molecule has 1 spiro atoms. The van der Waals surface area contributed by atoms with E-state index in [2.05, 4.69) is 20.8 Å². The Bertz CT molecular complexity index is 951. The first-order valence-corrected chi connectivity index (χ1v) is 10.2. The van der Waals surface area contributed by atoms with E-state index in [0.29, 0.717) is 31.0 Å². The van der Waals surface area contributed by atoms with Crippen LogP contribution in [0.15, 0.2) is 34.9 Å². The number of carbonyl (C=O) groups excluding carboxylic acids is 3. The first kappa shape index (κ1) is 20.1. The number of nitrogens with one attached hydrogen (secondary N) is 2. The SMILES string of the molecule is C[C@H](NC(=O)[C@@H](C)N1C(=O)NC2(CCCC2)C1=O)c1noc(Cc2ccccc2)n1. The number of hydrogen-bond acceptors (Lipinski definition) is 6. The highest BCUT2D eigenvalue weighted by Gasteiger charge is 2.54. The van der Waals surface area contributed by atoms with Crippen LogP contribution in [0.3, 0.4) is 0 Å². The average Bonchev–Trinajstić information content (AvgIpc) is 3.44. The third kappa shape index (κ3) is 3.67. The zero-order valence-corrected chi connectivity index (χ0v) is 17.1. The van der Waals surface area contributed by atoms with Crippen molar-refractivity contribution >= 4 is 17.8 Å².